The monoisotopic (exact) mass is 2350 g/mol. The van der Waals surface area contributed by atoms with Crippen LogP contribution in [0.15, 0.2) is 316 Å². The smallest absolute Gasteiger partial charge is 1.00 e. The number of carbonyl (C=O) groups is 1. The van der Waals surface area contributed by atoms with Crippen molar-refractivity contribution in [1.29, 1.82) is 0 Å². The minimum atomic E-state index is -0.181. The van der Waals surface area contributed by atoms with Gasteiger partial charge in [-0.25, -0.2) is 43.6 Å². The van der Waals surface area contributed by atoms with Gasteiger partial charge in [-0.1, -0.05) is 80.4 Å². The fraction of sp³-hybridized carbons (Fsp3) is 0.135. The summed E-state index contributed by atoms with van der Waals surface area (Å²) in [6.07, 6.45) is 27.3. The van der Waals surface area contributed by atoms with Gasteiger partial charge in [-0.15, -0.1) is 0 Å². The van der Waals surface area contributed by atoms with Crippen molar-refractivity contribution in [3.63, 3.8) is 0 Å². The third kappa shape index (κ3) is 26.4. The molecule has 0 bridgehead atoms. The van der Waals surface area contributed by atoms with Gasteiger partial charge in [-0.05, 0) is 192 Å². The SMILES string of the molecule is COc1ccc(CNc2nc3cc(-n4cccn4)ccc3c3nn(Cc4ccc(OC)cc4)cc23)cc1.COc1ccc(CNc2nc3cc(Br)ccc3c3nn(Cc4ccc(OC)cc4)cc23)cc1.Nc1nc2cc(-n3cccn3)ccc2c2[nH]ncc12.Nc1nc2cc(-n3cccn3)ccc2c2c1cnn2CCO.Nc1nc2cc(-n3cccn3)ccc2c2nn(CCO)cc12.O=CO[O-].OCCBr.[Cs+].[Cs+].[H-].c1cn[nH]c1. The number of aliphatic hydroxyl groups excluding tert-OH is 3. The molecule has 0 atom stereocenters. The zero-order valence-corrected chi connectivity index (χ0v) is 96.8. The Morgan fingerprint density at radius 1 is 0.412 bits per heavy atom. The molecule has 15 heterocycles. The van der Waals surface area contributed by atoms with E-state index in [0.717, 1.165) is 193 Å². The zero-order chi connectivity index (χ0) is 101. The average Bonchev–Trinajstić information content (AvgIpc) is 1.64. The molecule has 0 unspecified atom stereocenters. The summed E-state index contributed by atoms with van der Waals surface area (Å²) in [5.41, 5.74) is 34.9. The number of aliphatic hydroxyl groups is 3. The number of pyridine rings is 5. The molecule has 13 N–H and O–H groups in total. The number of ether oxygens (including phenoxy) is 4. The molecule has 0 aliphatic rings. The van der Waals surface area contributed by atoms with Gasteiger partial charge < -0.3 is 73.7 Å². The number of benzene rings is 9. The van der Waals surface area contributed by atoms with E-state index in [2.05, 4.69) is 162 Å². The summed E-state index contributed by atoms with van der Waals surface area (Å²) in [6, 6.07) is 71.5. The number of methoxy groups -OCH3 is 4. The van der Waals surface area contributed by atoms with Crippen molar-refractivity contribution in [2.24, 2.45) is 0 Å². The molecule has 740 valence electrons. The molecule has 24 rings (SSSR count). The first kappa shape index (κ1) is 108. The first-order valence-corrected chi connectivity index (χ1v) is 47.4. The van der Waals surface area contributed by atoms with Crippen molar-refractivity contribution >= 4 is 176 Å². The number of alkyl halides is 1. The van der Waals surface area contributed by atoms with Crippen LogP contribution in [0.1, 0.15) is 23.7 Å². The Morgan fingerprint density at radius 2 is 0.791 bits per heavy atom. The van der Waals surface area contributed by atoms with Crippen molar-refractivity contribution in [1.82, 2.24) is 124 Å². The Bertz CT molecular complexity index is 8420. The molecule has 0 saturated carbocycles. The summed E-state index contributed by atoms with van der Waals surface area (Å²) < 4.78 is 36.6. The number of nitrogens with zero attached hydrogens (tertiary/aromatic N) is 23. The summed E-state index contributed by atoms with van der Waals surface area (Å²) in [4.78, 5) is 34.5. The van der Waals surface area contributed by atoms with Gasteiger partial charge in [0.1, 0.15) is 68.6 Å². The number of fused-ring (bicyclic) bond motifs is 15. The van der Waals surface area contributed by atoms with E-state index in [1.807, 2.05) is 227 Å². The number of hydrogen-bond acceptors (Lipinski definition) is 30. The maximum atomic E-state index is 9.19. The largest absolute Gasteiger partial charge is 1.00 e. The molecule has 0 fully saturated rings. The normalized spacial score (nSPS) is 10.8. The topological polar surface area (TPSA) is 513 Å². The van der Waals surface area contributed by atoms with Crippen LogP contribution in [0, 0.1) is 0 Å². The van der Waals surface area contributed by atoms with Crippen molar-refractivity contribution in [2.75, 3.05) is 81.4 Å². The number of aromatic amines is 2. The molecule has 0 saturated heterocycles. The van der Waals surface area contributed by atoms with Crippen LogP contribution in [0.25, 0.3) is 132 Å². The molecule has 0 aliphatic carbocycles. The van der Waals surface area contributed by atoms with Crippen molar-refractivity contribution in [3.8, 4) is 45.7 Å². The molecule has 0 radical (unpaired) electrons. The number of rotatable bonds is 24. The Morgan fingerprint density at radius 3 is 1.19 bits per heavy atom. The van der Waals surface area contributed by atoms with E-state index in [1.165, 1.54) is 0 Å². The van der Waals surface area contributed by atoms with E-state index in [-0.39, 0.29) is 166 Å². The van der Waals surface area contributed by atoms with Crippen LogP contribution in [0.4, 0.5) is 29.1 Å². The Hall–Kier alpha value is -14.0. The minimum Gasteiger partial charge on any atom is -1.00 e. The van der Waals surface area contributed by atoms with E-state index in [9.17, 15) is 5.11 Å². The third-order valence-electron chi connectivity index (χ3n) is 23.0. The first-order valence-electron chi connectivity index (χ1n) is 45.5. The molecule has 24 aromatic rings. The van der Waals surface area contributed by atoms with Gasteiger partial charge in [0.2, 0.25) is 0 Å². The fourth-order valence-electron chi connectivity index (χ4n) is 16.0. The van der Waals surface area contributed by atoms with Gasteiger partial charge in [0.15, 0.2) is 0 Å². The van der Waals surface area contributed by atoms with E-state index in [1.54, 1.807) is 101 Å². The maximum Gasteiger partial charge on any atom is 1.00 e. The van der Waals surface area contributed by atoms with Gasteiger partial charge in [0, 0.05) is 130 Å². The number of halogens is 2. The van der Waals surface area contributed by atoms with Crippen LogP contribution in [0.2, 0.25) is 0 Å². The van der Waals surface area contributed by atoms with Gasteiger partial charge in [0.05, 0.1) is 175 Å². The molecule has 0 amide bonds. The van der Waals surface area contributed by atoms with Crippen molar-refractivity contribution in [3.05, 3.63) is 338 Å². The predicted molar refractivity (Wildman–Crippen MR) is 568 cm³/mol. The number of nitrogens with two attached hydrogens (primary N) is 3. The Labute approximate surface area is 980 Å². The summed E-state index contributed by atoms with van der Waals surface area (Å²) >= 11 is 6.56. The third-order valence-corrected chi connectivity index (χ3v) is 23.8. The fourth-order valence-corrected chi connectivity index (χ4v) is 16.4. The molecule has 0 spiro atoms. The van der Waals surface area contributed by atoms with Crippen LogP contribution in [-0.4, -0.2) is 199 Å². The van der Waals surface area contributed by atoms with Gasteiger partial charge in [-0.3, -0.25) is 33.7 Å². The number of aromatic nitrogens is 25. The number of carbonyl (C=O) groups excluding carboxylic acids is 1. The summed E-state index contributed by atoms with van der Waals surface area (Å²) in [5, 5.41) is 100. The van der Waals surface area contributed by atoms with E-state index >= 15 is 0 Å². The number of hydrogen-bond donors (Lipinski definition) is 10. The van der Waals surface area contributed by atoms with Crippen LogP contribution in [0.5, 0.6) is 23.0 Å². The Kier molecular flexibility index (Phi) is 38.4. The standard InChI is InChI=1S/C29H26N6O2.C26H23BrN4O2.2C15H14N6O.C13H10N6.C3H4N2.C2H5BrO.CH2O3.2Cs.H/c1-36-23-9-4-20(5-10-23)17-30-29-26-19-34(18-21-6-11-24(37-2)12-7-21)33-28(26)25-13-8-22(16-27(25)32-29)35-15-3-14-31-35;1-32-20-8-3-17(4-9-20)14-28-26-23-16-31(15-18-5-10-21(33-2)11-6-18)30-25(23)22-12-7-19(27)13-24(22)29-26;16-15-12-9-20(6-7-22)19-14(12)11-3-2-10(8-13(11)18-15)21-5-1-4-17-21;16-15-12-9-18-21(6-7-22)14(12)11-3-2-10(8-13(11)19-15)20-5-1-4-17-20;14-13-10-7-15-18-12(10)9-3-2-8(6-11(9)17-13)19-5-1-4-16-19;1-2-4-5-3-1;3-1-2-4;2-1-4-3;;;/h3-16,19H,17-18H2,1-2H3,(H,30,32);3-13,16H,14-15H2,1-2H3,(H,28,29);1-5,8-9,22H,6-7H2,(H2,16,18);1-5,8-9,22H,6-7H2,(H2,16,19);1-7H,(H2,14,17)(H,15,18);1-3H,(H,4,5);4H,1-2H2;1,3H;;;/q;;;;;;;;2*+1;-1/p-1. The van der Waals surface area contributed by atoms with Crippen molar-refractivity contribution < 1.29 is 188 Å². The number of nitrogens with one attached hydrogen (secondary N) is 4. The number of anilines is 5. The van der Waals surface area contributed by atoms with E-state index < -0.39 is 0 Å². The first-order chi connectivity index (χ1) is 71.5. The van der Waals surface area contributed by atoms with Crippen LogP contribution in [0.3, 0.4) is 0 Å². The minimum absolute atomic E-state index is 0. The predicted octanol–water partition coefficient (Wildman–Crippen LogP) is 9.38. The summed E-state index contributed by atoms with van der Waals surface area (Å²) in [7, 11) is 6.69. The Balaban J connectivity index is 0.000000144. The second-order valence-corrected chi connectivity index (χ2v) is 33.9. The van der Waals surface area contributed by atoms with Gasteiger partial charge in [0.25, 0.3) is 6.47 Å². The maximum absolute atomic E-state index is 9.19. The molecular weight excluding hydrogens is 2250 g/mol. The second kappa shape index (κ2) is 52.6. The number of H-pyrrole nitrogens is 2. The molecule has 9 aromatic carbocycles. The second-order valence-electron chi connectivity index (χ2n) is 32.2. The quantitative estimate of drug-likeness (QED) is 0.0116. The summed E-state index contributed by atoms with van der Waals surface area (Å²) in [6.45, 7) is 3.53. The van der Waals surface area contributed by atoms with E-state index in [0.29, 0.717) is 62.1 Å². The van der Waals surface area contributed by atoms with Crippen molar-refractivity contribution in [2.45, 2.75) is 39.3 Å². The zero-order valence-electron chi connectivity index (χ0n) is 82.1. The van der Waals surface area contributed by atoms with Crippen LogP contribution >= 0.6 is 31.9 Å². The number of nitrogen functional groups attached to an aromatic ring is 3. The molecule has 15 aromatic heterocycles. The molecule has 148 heavy (non-hydrogen) atoms. The van der Waals surface area contributed by atoms with Gasteiger partial charge in [-0.2, -0.15) is 51.0 Å². The van der Waals surface area contributed by atoms with Crippen LogP contribution in [-0.2, 0) is 49.0 Å². The average molecular weight is 2350 g/mol. The van der Waals surface area contributed by atoms with Crippen LogP contribution < -0.4 is 190 Å². The van der Waals surface area contributed by atoms with Gasteiger partial charge >= 0.3 is 138 Å². The molecular formula is C104H98Br2Cs2N30O10. The molecule has 44 heteroatoms. The molecule has 0 aliphatic heterocycles. The molecule has 40 nitrogen and oxygen atoms in total. The summed E-state index contributed by atoms with van der Waals surface area (Å²) in [5.74, 6) is 6.31. The van der Waals surface area contributed by atoms with E-state index in [4.69, 9.17) is 76.6 Å².